The molecule has 0 radical (unpaired) electrons. The van der Waals surface area contributed by atoms with Crippen molar-refractivity contribution in [1.82, 2.24) is 0 Å². The second-order valence-electron chi connectivity index (χ2n) is 5.50. The first-order chi connectivity index (χ1) is 11.6. The van der Waals surface area contributed by atoms with Gasteiger partial charge in [0.05, 0.1) is 51.2 Å². The maximum absolute atomic E-state index is 6.06. The lowest BCUT2D eigenvalue weighted by Gasteiger charge is -2.16. The highest BCUT2D eigenvalue weighted by Gasteiger charge is 2.16. The number of rotatable bonds is 3. The Kier molecular flexibility index (Phi) is 4.17. The molecular formula is C16H23N9. The zero-order valence-electron chi connectivity index (χ0n) is 13.6. The van der Waals surface area contributed by atoms with Crippen molar-refractivity contribution in [2.45, 2.75) is 0 Å². The molecule has 0 aliphatic carbocycles. The van der Waals surface area contributed by atoms with Gasteiger partial charge in [-0.3, -0.25) is 0 Å². The van der Waals surface area contributed by atoms with Gasteiger partial charge in [-0.1, -0.05) is 18.7 Å². The molecule has 25 heavy (non-hydrogen) atoms. The fourth-order valence-electron chi connectivity index (χ4n) is 2.49. The summed E-state index contributed by atoms with van der Waals surface area (Å²) in [6.45, 7) is 3.72. The maximum atomic E-state index is 6.06. The van der Waals surface area contributed by atoms with Crippen LogP contribution in [0.3, 0.4) is 0 Å². The van der Waals surface area contributed by atoms with E-state index < -0.39 is 0 Å². The van der Waals surface area contributed by atoms with Crippen molar-refractivity contribution in [2.75, 3.05) is 51.6 Å². The molecule has 0 aliphatic rings. The van der Waals surface area contributed by atoms with Gasteiger partial charge in [-0.05, 0) is 6.08 Å². The lowest BCUT2D eigenvalue weighted by Crippen LogP contribution is -2.10. The minimum Gasteiger partial charge on any atom is -0.396 e. The Labute approximate surface area is 145 Å². The Bertz CT molecular complexity index is 884. The molecule has 0 fully saturated rings. The van der Waals surface area contributed by atoms with E-state index in [1.54, 1.807) is 12.2 Å². The summed E-state index contributed by atoms with van der Waals surface area (Å²) < 4.78 is 0. The first kappa shape index (κ1) is 17.5. The zero-order valence-corrected chi connectivity index (χ0v) is 13.6. The van der Waals surface area contributed by atoms with E-state index in [2.05, 4.69) is 6.58 Å². The van der Waals surface area contributed by atoms with Gasteiger partial charge in [0.2, 0.25) is 0 Å². The molecule has 9 heteroatoms. The molecule has 0 heterocycles. The lowest BCUT2D eigenvalue weighted by molar-refractivity contribution is 1.57. The van der Waals surface area contributed by atoms with E-state index in [4.69, 9.17) is 51.6 Å². The Morgan fingerprint density at radius 1 is 0.400 bits per heavy atom. The summed E-state index contributed by atoms with van der Waals surface area (Å²) in [7, 11) is 0. The van der Waals surface area contributed by atoms with Gasteiger partial charge in [0.25, 0.3) is 0 Å². The van der Waals surface area contributed by atoms with Gasteiger partial charge in [-0.25, -0.2) is 0 Å². The Morgan fingerprint density at radius 3 is 1.08 bits per heavy atom. The molecule has 0 aliphatic heterocycles. The SMILES string of the molecule is C=Cc1c(N)c(N)c(N)c(N)c1/C=C/c1c(N)c(N)c(N)c(N)c1N. The zero-order chi connectivity index (χ0) is 19.0. The quantitative estimate of drug-likeness (QED) is 0.282. The summed E-state index contributed by atoms with van der Waals surface area (Å²) in [6, 6.07) is 0. The van der Waals surface area contributed by atoms with Crippen LogP contribution in [0.25, 0.3) is 18.2 Å². The minimum absolute atomic E-state index is 0.138. The van der Waals surface area contributed by atoms with Crippen molar-refractivity contribution in [1.29, 1.82) is 0 Å². The first-order valence-electron chi connectivity index (χ1n) is 7.21. The minimum atomic E-state index is 0.138. The third-order valence-corrected chi connectivity index (χ3v) is 4.10. The molecule has 0 amide bonds. The molecule has 0 saturated carbocycles. The maximum Gasteiger partial charge on any atom is 0.0824 e. The predicted octanol–water partition coefficient (Wildman–Crippen LogP) is 0.740. The molecule has 0 aromatic heterocycles. The third kappa shape index (κ3) is 2.53. The Hall–Kier alpha value is -3.88. The summed E-state index contributed by atoms with van der Waals surface area (Å²) in [6.07, 6.45) is 4.76. The van der Waals surface area contributed by atoms with Crippen LogP contribution in [0.4, 0.5) is 51.2 Å². The van der Waals surface area contributed by atoms with E-state index in [-0.39, 0.29) is 51.2 Å². The van der Waals surface area contributed by atoms with Crippen LogP contribution in [0.2, 0.25) is 0 Å². The average molecular weight is 341 g/mol. The smallest absolute Gasteiger partial charge is 0.0824 e. The molecule has 0 atom stereocenters. The highest BCUT2D eigenvalue weighted by Crippen LogP contribution is 2.41. The number of hydrogen-bond donors (Lipinski definition) is 9. The molecule has 0 saturated heterocycles. The van der Waals surface area contributed by atoms with Gasteiger partial charge in [0.1, 0.15) is 0 Å². The van der Waals surface area contributed by atoms with Crippen LogP contribution in [0.15, 0.2) is 6.58 Å². The number of hydrogen-bond acceptors (Lipinski definition) is 9. The molecule has 2 rings (SSSR count). The van der Waals surface area contributed by atoms with Crippen molar-refractivity contribution in [2.24, 2.45) is 0 Å². The lowest BCUT2D eigenvalue weighted by atomic mass is 9.97. The van der Waals surface area contributed by atoms with Gasteiger partial charge in [-0.15, -0.1) is 0 Å². The molecule has 132 valence electrons. The number of nitrogen functional groups attached to an aromatic ring is 9. The monoisotopic (exact) mass is 341 g/mol. The van der Waals surface area contributed by atoms with Crippen LogP contribution in [-0.2, 0) is 0 Å². The largest absolute Gasteiger partial charge is 0.396 e. The summed E-state index contributed by atoms with van der Waals surface area (Å²) in [5.74, 6) is 0. The third-order valence-electron chi connectivity index (χ3n) is 4.10. The second kappa shape index (κ2) is 5.96. The Morgan fingerprint density at radius 2 is 0.680 bits per heavy atom. The highest BCUT2D eigenvalue weighted by molar-refractivity contribution is 6.04. The summed E-state index contributed by atoms with van der Waals surface area (Å²) >= 11 is 0. The molecule has 2 aromatic rings. The van der Waals surface area contributed by atoms with E-state index in [1.165, 1.54) is 6.08 Å². The van der Waals surface area contributed by atoms with E-state index in [1.807, 2.05) is 0 Å². The van der Waals surface area contributed by atoms with Crippen molar-refractivity contribution < 1.29 is 0 Å². The van der Waals surface area contributed by atoms with Crippen LogP contribution in [0, 0.1) is 0 Å². The number of anilines is 9. The average Bonchev–Trinajstić information content (AvgIpc) is 2.60. The van der Waals surface area contributed by atoms with Gasteiger partial charge in [0.15, 0.2) is 0 Å². The van der Waals surface area contributed by atoms with Crippen molar-refractivity contribution in [3.63, 3.8) is 0 Å². The molecule has 0 unspecified atom stereocenters. The molecule has 9 nitrogen and oxygen atoms in total. The summed E-state index contributed by atoms with van der Waals surface area (Å²) in [5.41, 5.74) is 56.5. The fraction of sp³-hybridized carbons (Fsp3) is 0. The molecule has 18 N–H and O–H groups in total. The van der Waals surface area contributed by atoms with E-state index in [9.17, 15) is 0 Å². The summed E-state index contributed by atoms with van der Waals surface area (Å²) in [5, 5.41) is 0. The van der Waals surface area contributed by atoms with Crippen LogP contribution in [-0.4, -0.2) is 0 Å². The predicted molar refractivity (Wildman–Crippen MR) is 112 cm³/mol. The molecule has 0 spiro atoms. The van der Waals surface area contributed by atoms with Crippen LogP contribution in [0.5, 0.6) is 0 Å². The second-order valence-corrected chi connectivity index (χ2v) is 5.50. The van der Waals surface area contributed by atoms with Crippen molar-refractivity contribution in [3.05, 3.63) is 23.3 Å². The van der Waals surface area contributed by atoms with Gasteiger partial charge < -0.3 is 51.6 Å². The number of benzene rings is 2. The van der Waals surface area contributed by atoms with E-state index in [0.717, 1.165) is 0 Å². The molecular weight excluding hydrogens is 318 g/mol. The van der Waals surface area contributed by atoms with Gasteiger partial charge in [0, 0.05) is 16.7 Å². The number of nitrogens with two attached hydrogens (primary N) is 9. The van der Waals surface area contributed by atoms with Crippen LogP contribution < -0.4 is 51.6 Å². The first-order valence-corrected chi connectivity index (χ1v) is 7.21. The molecule has 0 bridgehead atoms. The standard InChI is InChI=1S/C16H23N9/c1-2-5-6(9(18)13(22)12(21)8(5)17)3-4-7-10(19)14(23)16(25)15(24)11(7)20/h2-4H,1,17-25H2/b4-3+. The topological polar surface area (TPSA) is 234 Å². The normalized spacial score (nSPS) is 11.0. The van der Waals surface area contributed by atoms with Crippen LogP contribution >= 0.6 is 0 Å². The van der Waals surface area contributed by atoms with Crippen LogP contribution in [0.1, 0.15) is 16.7 Å². The van der Waals surface area contributed by atoms with Gasteiger partial charge >= 0.3 is 0 Å². The molecule has 2 aromatic carbocycles. The highest BCUT2D eigenvalue weighted by atomic mass is 14.8. The van der Waals surface area contributed by atoms with E-state index in [0.29, 0.717) is 16.7 Å². The van der Waals surface area contributed by atoms with Crippen molar-refractivity contribution >= 4 is 69.4 Å². The fourth-order valence-corrected chi connectivity index (χ4v) is 2.49. The van der Waals surface area contributed by atoms with Crippen molar-refractivity contribution in [3.8, 4) is 0 Å². The Balaban J connectivity index is 2.72. The van der Waals surface area contributed by atoms with Gasteiger partial charge in [-0.2, -0.15) is 0 Å². The van der Waals surface area contributed by atoms with E-state index >= 15 is 0 Å². The summed E-state index contributed by atoms with van der Waals surface area (Å²) in [4.78, 5) is 0.